The molecule has 1 unspecified atom stereocenters. The maximum absolute atomic E-state index is 5.83. The summed E-state index contributed by atoms with van der Waals surface area (Å²) in [6.45, 7) is 7.24. The van der Waals surface area contributed by atoms with Crippen molar-refractivity contribution in [3.05, 3.63) is 28.2 Å². The molecule has 0 amide bonds. The number of ether oxygens (including phenoxy) is 1. The van der Waals surface area contributed by atoms with Gasteiger partial charge < -0.3 is 10.1 Å². The first-order valence-electron chi connectivity index (χ1n) is 7.87. The first-order valence-corrected chi connectivity index (χ1v) is 8.67. The van der Waals surface area contributed by atoms with Crippen LogP contribution in [0.15, 0.2) is 22.7 Å². The van der Waals surface area contributed by atoms with Crippen molar-refractivity contribution in [2.45, 2.75) is 65.5 Å². The van der Waals surface area contributed by atoms with Crippen molar-refractivity contribution in [3.8, 4) is 0 Å². The van der Waals surface area contributed by atoms with Gasteiger partial charge >= 0.3 is 0 Å². The van der Waals surface area contributed by atoms with Gasteiger partial charge in [-0.05, 0) is 49.9 Å². The molecule has 1 aromatic carbocycles. The molecule has 0 aromatic heterocycles. The summed E-state index contributed by atoms with van der Waals surface area (Å²) in [6.07, 6.45) is 7.34. The number of hydrogen-bond donors (Lipinski definition) is 1. The predicted molar refractivity (Wildman–Crippen MR) is 91.3 cm³/mol. The summed E-state index contributed by atoms with van der Waals surface area (Å²) in [5.41, 5.74) is 2.53. The van der Waals surface area contributed by atoms with Crippen LogP contribution in [0.4, 0.5) is 5.69 Å². The zero-order valence-electron chi connectivity index (χ0n) is 13.0. The lowest BCUT2D eigenvalue weighted by Gasteiger charge is -2.21. The van der Waals surface area contributed by atoms with Crippen LogP contribution in [0.25, 0.3) is 0 Å². The molecule has 0 spiro atoms. The van der Waals surface area contributed by atoms with E-state index in [1.54, 1.807) is 0 Å². The molecule has 2 nitrogen and oxygen atoms in total. The van der Waals surface area contributed by atoms with E-state index in [0.717, 1.165) is 23.9 Å². The van der Waals surface area contributed by atoms with Crippen LogP contribution < -0.4 is 5.32 Å². The number of nitrogens with one attached hydrogen (secondary N) is 1. The number of hydrogen-bond acceptors (Lipinski definition) is 2. The Labute approximate surface area is 132 Å². The van der Waals surface area contributed by atoms with E-state index in [4.69, 9.17) is 4.74 Å². The molecular formula is C17H28BrNO. The molecule has 0 fully saturated rings. The minimum Gasteiger partial charge on any atom is -0.360 e. The second-order valence-electron chi connectivity index (χ2n) is 5.09. The Kier molecular flexibility index (Phi) is 8.95. The van der Waals surface area contributed by atoms with Gasteiger partial charge in [0.15, 0.2) is 0 Å². The number of rotatable bonds is 10. The summed E-state index contributed by atoms with van der Waals surface area (Å²) in [5, 5.41) is 3.56. The van der Waals surface area contributed by atoms with Gasteiger partial charge in [-0.2, -0.15) is 0 Å². The summed E-state index contributed by atoms with van der Waals surface area (Å²) < 4.78 is 6.97. The quantitative estimate of drug-likeness (QED) is 0.431. The third kappa shape index (κ3) is 6.27. The van der Waals surface area contributed by atoms with Crippen LogP contribution in [0.1, 0.15) is 58.4 Å². The Morgan fingerprint density at radius 1 is 1.15 bits per heavy atom. The molecule has 1 atom stereocenters. The minimum atomic E-state index is 0.128. The lowest BCUT2D eigenvalue weighted by atomic mass is 10.1. The molecule has 1 rings (SSSR count). The monoisotopic (exact) mass is 341 g/mol. The fourth-order valence-electron chi connectivity index (χ4n) is 2.32. The van der Waals surface area contributed by atoms with Gasteiger partial charge in [0.25, 0.3) is 0 Å². The summed E-state index contributed by atoms with van der Waals surface area (Å²) in [7, 11) is 0. The molecule has 0 aliphatic rings. The lowest BCUT2D eigenvalue weighted by molar-refractivity contribution is 0.0747. The fourth-order valence-corrected chi connectivity index (χ4v) is 2.73. The average molecular weight is 342 g/mol. The van der Waals surface area contributed by atoms with E-state index in [1.807, 2.05) is 0 Å². The molecule has 0 heterocycles. The Bertz CT molecular complexity index is 381. The maximum atomic E-state index is 5.83. The van der Waals surface area contributed by atoms with Crippen LogP contribution >= 0.6 is 15.9 Å². The van der Waals surface area contributed by atoms with Crippen LogP contribution in [0, 0.1) is 0 Å². The minimum absolute atomic E-state index is 0.128. The van der Waals surface area contributed by atoms with Gasteiger partial charge in [0.1, 0.15) is 6.23 Å². The first-order chi connectivity index (χ1) is 9.71. The molecule has 1 aromatic rings. The Hall–Kier alpha value is -0.540. The van der Waals surface area contributed by atoms with Gasteiger partial charge in [-0.1, -0.05) is 49.0 Å². The second kappa shape index (κ2) is 10.2. The van der Waals surface area contributed by atoms with Crippen molar-refractivity contribution in [2.24, 2.45) is 0 Å². The third-order valence-electron chi connectivity index (χ3n) is 3.45. The Morgan fingerprint density at radius 2 is 1.95 bits per heavy atom. The molecule has 1 N–H and O–H groups in total. The molecule has 0 aliphatic heterocycles. The fraction of sp³-hybridized carbons (Fsp3) is 0.647. The molecular weight excluding hydrogens is 314 g/mol. The van der Waals surface area contributed by atoms with Gasteiger partial charge in [0.2, 0.25) is 0 Å². The van der Waals surface area contributed by atoms with Gasteiger partial charge in [0.05, 0.1) is 0 Å². The average Bonchev–Trinajstić information content (AvgIpc) is 2.45. The van der Waals surface area contributed by atoms with Gasteiger partial charge in [-0.25, -0.2) is 0 Å². The van der Waals surface area contributed by atoms with Gasteiger partial charge in [0, 0.05) is 16.8 Å². The van der Waals surface area contributed by atoms with E-state index in [1.165, 1.54) is 36.9 Å². The van der Waals surface area contributed by atoms with Crippen LogP contribution in [0.5, 0.6) is 0 Å². The highest BCUT2D eigenvalue weighted by Gasteiger charge is 2.10. The molecule has 3 heteroatoms. The number of halogens is 1. The number of aryl methyl sites for hydroxylation is 1. The maximum Gasteiger partial charge on any atom is 0.127 e. The van der Waals surface area contributed by atoms with E-state index in [2.05, 4.69) is 60.2 Å². The third-order valence-corrected chi connectivity index (χ3v) is 3.95. The molecule has 0 saturated heterocycles. The number of unbranched alkanes of at least 4 members (excludes halogenated alkanes) is 3. The van der Waals surface area contributed by atoms with Crippen molar-refractivity contribution in [2.75, 3.05) is 11.9 Å². The van der Waals surface area contributed by atoms with E-state index >= 15 is 0 Å². The summed E-state index contributed by atoms with van der Waals surface area (Å²) in [5.74, 6) is 0. The number of anilines is 1. The normalized spacial score (nSPS) is 12.4. The van der Waals surface area contributed by atoms with Gasteiger partial charge in [-0.3, -0.25) is 0 Å². The van der Waals surface area contributed by atoms with Crippen molar-refractivity contribution in [1.29, 1.82) is 0 Å². The highest BCUT2D eigenvalue weighted by atomic mass is 79.9. The van der Waals surface area contributed by atoms with E-state index in [0.29, 0.717) is 0 Å². The standard InChI is InChI=1S/C17H28BrNO/c1-4-7-8-9-10-17(20-6-3)19-16-12-11-15(18)13-14(16)5-2/h11-13,17,19H,4-10H2,1-3H3. The summed E-state index contributed by atoms with van der Waals surface area (Å²) in [6, 6.07) is 6.41. The Balaban J connectivity index is 2.60. The zero-order chi connectivity index (χ0) is 14.8. The van der Waals surface area contributed by atoms with Crippen LogP contribution in [0.3, 0.4) is 0 Å². The van der Waals surface area contributed by atoms with Crippen LogP contribution in [-0.4, -0.2) is 12.8 Å². The highest BCUT2D eigenvalue weighted by Crippen LogP contribution is 2.23. The summed E-state index contributed by atoms with van der Waals surface area (Å²) in [4.78, 5) is 0. The van der Waals surface area contributed by atoms with Crippen molar-refractivity contribution in [3.63, 3.8) is 0 Å². The lowest BCUT2D eigenvalue weighted by Crippen LogP contribution is -2.23. The van der Waals surface area contributed by atoms with Crippen molar-refractivity contribution in [1.82, 2.24) is 0 Å². The van der Waals surface area contributed by atoms with E-state index in [9.17, 15) is 0 Å². The van der Waals surface area contributed by atoms with Crippen LogP contribution in [0.2, 0.25) is 0 Å². The molecule has 0 bridgehead atoms. The zero-order valence-corrected chi connectivity index (χ0v) is 14.6. The van der Waals surface area contributed by atoms with Crippen molar-refractivity contribution >= 4 is 21.6 Å². The van der Waals surface area contributed by atoms with Crippen LogP contribution in [-0.2, 0) is 11.2 Å². The second-order valence-corrected chi connectivity index (χ2v) is 6.01. The molecule has 0 saturated carbocycles. The van der Waals surface area contributed by atoms with E-state index in [-0.39, 0.29) is 6.23 Å². The predicted octanol–water partition coefficient (Wildman–Crippen LogP) is 5.76. The molecule has 114 valence electrons. The topological polar surface area (TPSA) is 21.3 Å². The largest absolute Gasteiger partial charge is 0.360 e. The molecule has 0 aliphatic carbocycles. The van der Waals surface area contributed by atoms with Gasteiger partial charge in [-0.15, -0.1) is 0 Å². The smallest absolute Gasteiger partial charge is 0.127 e. The highest BCUT2D eigenvalue weighted by molar-refractivity contribution is 9.10. The first kappa shape index (κ1) is 17.5. The molecule has 0 radical (unpaired) electrons. The van der Waals surface area contributed by atoms with E-state index < -0.39 is 0 Å². The SMILES string of the molecule is CCCCCCC(Nc1ccc(Br)cc1CC)OCC. The Morgan fingerprint density at radius 3 is 2.60 bits per heavy atom. The number of benzene rings is 1. The summed E-state index contributed by atoms with van der Waals surface area (Å²) >= 11 is 3.53. The molecule has 20 heavy (non-hydrogen) atoms. The van der Waals surface area contributed by atoms with Crippen molar-refractivity contribution < 1.29 is 4.74 Å².